The smallest absolute Gasteiger partial charge is 0.159 e. The number of thiazole rings is 1. The summed E-state index contributed by atoms with van der Waals surface area (Å²) in [6.45, 7) is 0. The van der Waals surface area contributed by atoms with Crippen LogP contribution in [0.2, 0.25) is 0 Å². The molecule has 0 saturated carbocycles. The molecule has 1 aromatic rings. The molecule has 1 heterocycles. The molecule has 0 aliphatic rings. The average Bonchev–Trinajstić information content (AvgIpc) is 2.14. The molecule has 0 fully saturated rings. The Bertz CT molecular complexity index is 176. The van der Waals surface area contributed by atoms with Crippen molar-refractivity contribution < 1.29 is 0 Å². The minimum atomic E-state index is 0.976. The average molecular weight is 304 g/mol. The Kier molecular flexibility index (Phi) is 2.71. The van der Waals surface area contributed by atoms with E-state index in [1.54, 1.807) is 11.3 Å². The number of aromatic nitrogens is 1. The molecule has 0 N–H and O–H groups in total. The lowest BCUT2D eigenvalue weighted by Crippen LogP contribution is -1.71. The maximum atomic E-state index is 4.16. The van der Waals surface area contributed by atoms with E-state index in [0.717, 1.165) is 14.0 Å². The van der Waals surface area contributed by atoms with Crippen LogP contribution in [-0.4, -0.2) is 4.98 Å². The van der Waals surface area contributed by atoms with Gasteiger partial charge in [0, 0.05) is 9.81 Å². The molecule has 0 unspecified atom stereocenters. The Morgan fingerprint density at radius 2 is 2.62 bits per heavy atom. The fourth-order valence-electron chi connectivity index (χ4n) is 0.344. The zero-order valence-corrected chi connectivity index (χ0v) is 8.46. The summed E-state index contributed by atoms with van der Waals surface area (Å²) in [5, 5.41) is 2.05. The number of hydrogen-bond donors (Lipinski definition) is 0. The number of rotatable bonds is 1. The van der Waals surface area contributed by atoms with Crippen molar-refractivity contribution in [1.29, 1.82) is 0 Å². The molecule has 1 aromatic heterocycles. The Balaban J connectivity index is 2.84. The molecular formula is C4H3BrINS. The van der Waals surface area contributed by atoms with Crippen molar-refractivity contribution in [2.24, 2.45) is 0 Å². The van der Waals surface area contributed by atoms with E-state index in [9.17, 15) is 0 Å². The summed E-state index contributed by atoms with van der Waals surface area (Å²) >= 11 is 7.20. The summed E-state index contributed by atoms with van der Waals surface area (Å²) in [5.41, 5.74) is 1.16. The molecule has 8 heavy (non-hydrogen) atoms. The monoisotopic (exact) mass is 303 g/mol. The summed E-state index contributed by atoms with van der Waals surface area (Å²) in [6.07, 6.45) is 0. The van der Waals surface area contributed by atoms with Gasteiger partial charge in [-0.2, -0.15) is 0 Å². The molecule has 44 valence electrons. The van der Waals surface area contributed by atoms with Crippen molar-refractivity contribution in [1.82, 2.24) is 4.98 Å². The van der Waals surface area contributed by atoms with E-state index < -0.39 is 0 Å². The second-order valence-electron chi connectivity index (χ2n) is 1.23. The first kappa shape index (κ1) is 6.95. The molecule has 0 saturated heterocycles. The maximum Gasteiger partial charge on any atom is 0.159 e. The molecular weight excluding hydrogens is 301 g/mol. The van der Waals surface area contributed by atoms with E-state index in [1.165, 1.54) is 0 Å². The highest BCUT2D eigenvalue weighted by Gasteiger charge is 1.93. The van der Waals surface area contributed by atoms with Crippen molar-refractivity contribution in [3.8, 4) is 0 Å². The second-order valence-corrected chi connectivity index (χ2v) is 4.12. The molecule has 1 nitrogen and oxygen atoms in total. The van der Waals surface area contributed by atoms with E-state index in [0.29, 0.717) is 0 Å². The Hall–Kier alpha value is 0.840. The summed E-state index contributed by atoms with van der Waals surface area (Å²) in [4.78, 5) is 4.16. The topological polar surface area (TPSA) is 12.9 Å². The van der Waals surface area contributed by atoms with E-state index in [4.69, 9.17) is 0 Å². The number of alkyl halides is 1. The van der Waals surface area contributed by atoms with Crippen LogP contribution in [0.1, 0.15) is 5.69 Å². The van der Waals surface area contributed by atoms with Gasteiger partial charge in [0.15, 0.2) is 3.92 Å². The highest BCUT2D eigenvalue weighted by molar-refractivity contribution is 14.1. The molecule has 0 atom stereocenters. The van der Waals surface area contributed by atoms with E-state index in [-0.39, 0.29) is 0 Å². The molecule has 4 heteroatoms. The summed E-state index contributed by atoms with van der Waals surface area (Å²) in [6, 6.07) is 0. The van der Waals surface area contributed by atoms with Gasteiger partial charge in [-0.15, -0.1) is 11.3 Å². The normalized spacial score (nSPS) is 9.75. The highest BCUT2D eigenvalue weighted by atomic mass is 127. The van der Waals surface area contributed by atoms with Crippen molar-refractivity contribution in [2.75, 3.05) is 0 Å². The first-order valence-electron chi connectivity index (χ1n) is 1.99. The largest absolute Gasteiger partial charge is 0.233 e. The summed E-state index contributed by atoms with van der Waals surface area (Å²) < 4.78 is 1.98. The SMILES string of the molecule is Brc1nc(CI)cs1. The Morgan fingerprint density at radius 1 is 1.88 bits per heavy atom. The molecule has 0 bridgehead atoms. The number of nitrogens with zero attached hydrogens (tertiary/aromatic N) is 1. The van der Waals surface area contributed by atoms with Crippen molar-refractivity contribution in [3.63, 3.8) is 0 Å². The van der Waals surface area contributed by atoms with Crippen LogP contribution in [0.25, 0.3) is 0 Å². The van der Waals surface area contributed by atoms with Crippen LogP contribution >= 0.6 is 49.9 Å². The van der Waals surface area contributed by atoms with Crippen molar-refractivity contribution >= 4 is 49.9 Å². The van der Waals surface area contributed by atoms with Gasteiger partial charge in [0.2, 0.25) is 0 Å². The molecule has 0 amide bonds. The van der Waals surface area contributed by atoms with Gasteiger partial charge in [-0.25, -0.2) is 4.98 Å². The first-order chi connectivity index (χ1) is 3.83. The second kappa shape index (κ2) is 3.12. The quantitative estimate of drug-likeness (QED) is 0.574. The van der Waals surface area contributed by atoms with Crippen molar-refractivity contribution in [3.05, 3.63) is 15.0 Å². The third-order valence-electron chi connectivity index (χ3n) is 0.661. The molecule has 0 aliphatic carbocycles. The van der Waals surface area contributed by atoms with Gasteiger partial charge >= 0.3 is 0 Å². The minimum absolute atomic E-state index is 0.976. The van der Waals surface area contributed by atoms with E-state index >= 15 is 0 Å². The predicted octanol–water partition coefficient (Wildman–Crippen LogP) is 2.84. The lowest BCUT2D eigenvalue weighted by atomic mass is 10.6. The third-order valence-corrected chi connectivity index (χ3v) is 2.86. The first-order valence-corrected chi connectivity index (χ1v) is 5.18. The fraction of sp³-hybridized carbons (Fsp3) is 0.250. The van der Waals surface area contributed by atoms with Gasteiger partial charge in [0.05, 0.1) is 5.69 Å². The molecule has 0 radical (unpaired) electrons. The Labute approximate surface area is 73.8 Å². The van der Waals surface area contributed by atoms with Gasteiger partial charge in [-0.3, -0.25) is 0 Å². The van der Waals surface area contributed by atoms with Crippen LogP contribution < -0.4 is 0 Å². The van der Waals surface area contributed by atoms with Crippen LogP contribution in [0.4, 0.5) is 0 Å². The van der Waals surface area contributed by atoms with Gasteiger partial charge < -0.3 is 0 Å². The lowest BCUT2D eigenvalue weighted by Gasteiger charge is -1.77. The van der Waals surface area contributed by atoms with E-state index in [2.05, 4.69) is 48.9 Å². The standard InChI is InChI=1S/C4H3BrINS/c5-4-7-3(1-6)2-8-4/h2H,1H2. The van der Waals surface area contributed by atoms with Crippen LogP contribution in [-0.2, 0) is 4.43 Å². The highest BCUT2D eigenvalue weighted by Crippen LogP contribution is 2.17. The predicted molar refractivity (Wildman–Crippen MR) is 47.5 cm³/mol. The van der Waals surface area contributed by atoms with Gasteiger partial charge in [0.25, 0.3) is 0 Å². The summed E-state index contributed by atoms with van der Waals surface area (Å²) in [7, 11) is 0. The van der Waals surface area contributed by atoms with Crippen LogP contribution in [0, 0.1) is 0 Å². The Morgan fingerprint density at radius 3 is 2.88 bits per heavy atom. The van der Waals surface area contributed by atoms with E-state index in [1.807, 2.05) is 0 Å². The molecule has 0 aromatic carbocycles. The minimum Gasteiger partial charge on any atom is -0.233 e. The third kappa shape index (κ3) is 1.66. The fourth-order valence-corrected chi connectivity index (χ4v) is 2.08. The molecule has 0 aliphatic heterocycles. The molecule has 1 rings (SSSR count). The lowest BCUT2D eigenvalue weighted by molar-refractivity contribution is 1.23. The zero-order valence-electron chi connectivity index (χ0n) is 3.90. The van der Waals surface area contributed by atoms with Gasteiger partial charge in [-0.05, 0) is 15.9 Å². The van der Waals surface area contributed by atoms with Gasteiger partial charge in [-0.1, -0.05) is 22.6 Å². The van der Waals surface area contributed by atoms with Crippen molar-refractivity contribution in [2.45, 2.75) is 4.43 Å². The van der Waals surface area contributed by atoms with Crippen LogP contribution in [0.3, 0.4) is 0 Å². The number of hydrogen-bond acceptors (Lipinski definition) is 2. The summed E-state index contributed by atoms with van der Waals surface area (Å²) in [5.74, 6) is 0. The van der Waals surface area contributed by atoms with Crippen LogP contribution in [0.5, 0.6) is 0 Å². The molecule has 0 spiro atoms. The van der Waals surface area contributed by atoms with Gasteiger partial charge in [0.1, 0.15) is 0 Å². The van der Waals surface area contributed by atoms with Crippen LogP contribution in [0.15, 0.2) is 9.30 Å². The zero-order chi connectivity index (χ0) is 5.98. The number of halogens is 2. The maximum absolute atomic E-state index is 4.16.